The van der Waals surface area contributed by atoms with Crippen molar-refractivity contribution in [3.8, 4) is 5.88 Å². The Hall–Kier alpha value is -2.27. The lowest BCUT2D eigenvalue weighted by molar-refractivity contribution is 0.389. The quantitative estimate of drug-likeness (QED) is 0.586. The van der Waals surface area contributed by atoms with Crippen molar-refractivity contribution in [1.29, 1.82) is 0 Å². The number of ether oxygens (including phenoxy) is 1. The van der Waals surface area contributed by atoms with Crippen molar-refractivity contribution in [1.82, 2.24) is 9.97 Å². The minimum absolute atomic E-state index is 0.466. The number of hydrogen-bond donors (Lipinski definition) is 1. The van der Waals surface area contributed by atoms with Gasteiger partial charge < -0.3 is 10.5 Å². The molecule has 0 spiro atoms. The lowest BCUT2D eigenvalue weighted by atomic mass is 10.1. The van der Waals surface area contributed by atoms with Crippen LogP contribution in [0.1, 0.15) is 11.1 Å². The maximum absolute atomic E-state index is 5.90. The SMILES string of the molecule is COc1nc(SCc2ccc3ccccc3c2)nc(N)c1C. The lowest BCUT2D eigenvalue weighted by Gasteiger charge is -2.08. The number of methoxy groups -OCH3 is 1. The van der Waals surface area contributed by atoms with Crippen LogP contribution in [0.4, 0.5) is 5.82 Å². The maximum atomic E-state index is 5.90. The van der Waals surface area contributed by atoms with E-state index in [0.717, 1.165) is 11.3 Å². The summed E-state index contributed by atoms with van der Waals surface area (Å²) in [5.74, 6) is 1.79. The normalized spacial score (nSPS) is 10.8. The summed E-state index contributed by atoms with van der Waals surface area (Å²) < 4.78 is 5.23. The lowest BCUT2D eigenvalue weighted by Crippen LogP contribution is -2.02. The average Bonchev–Trinajstić information content (AvgIpc) is 2.55. The van der Waals surface area contributed by atoms with Gasteiger partial charge in [0.15, 0.2) is 5.16 Å². The van der Waals surface area contributed by atoms with Crippen molar-refractivity contribution >= 4 is 28.4 Å². The minimum Gasteiger partial charge on any atom is -0.481 e. The molecule has 0 aliphatic carbocycles. The molecule has 0 unspecified atom stereocenters. The zero-order valence-electron chi connectivity index (χ0n) is 12.5. The Bertz CT molecular complexity index is 820. The molecule has 0 atom stereocenters. The smallest absolute Gasteiger partial charge is 0.222 e. The predicted molar refractivity (Wildman–Crippen MR) is 91.2 cm³/mol. The van der Waals surface area contributed by atoms with Crippen molar-refractivity contribution < 1.29 is 4.74 Å². The first-order valence-electron chi connectivity index (χ1n) is 6.96. The molecule has 4 nitrogen and oxygen atoms in total. The molecule has 2 N–H and O–H groups in total. The van der Waals surface area contributed by atoms with Crippen LogP contribution in [0.25, 0.3) is 10.8 Å². The summed E-state index contributed by atoms with van der Waals surface area (Å²) in [4.78, 5) is 8.69. The Labute approximate surface area is 133 Å². The number of rotatable bonds is 4. The summed E-state index contributed by atoms with van der Waals surface area (Å²) in [6.45, 7) is 1.85. The van der Waals surface area contributed by atoms with Gasteiger partial charge in [0.05, 0.1) is 12.7 Å². The van der Waals surface area contributed by atoms with Gasteiger partial charge in [-0.25, -0.2) is 4.98 Å². The summed E-state index contributed by atoms with van der Waals surface area (Å²) in [6, 6.07) is 14.8. The number of fused-ring (bicyclic) bond motifs is 1. The summed E-state index contributed by atoms with van der Waals surface area (Å²) >= 11 is 1.55. The molecule has 0 saturated heterocycles. The van der Waals surface area contributed by atoms with Crippen molar-refractivity contribution in [2.75, 3.05) is 12.8 Å². The molecule has 3 rings (SSSR count). The van der Waals surface area contributed by atoms with Crippen molar-refractivity contribution in [3.63, 3.8) is 0 Å². The molecule has 22 heavy (non-hydrogen) atoms. The van der Waals surface area contributed by atoms with Gasteiger partial charge in [-0.2, -0.15) is 4.98 Å². The molecular weight excluding hydrogens is 294 g/mol. The van der Waals surface area contributed by atoms with Gasteiger partial charge >= 0.3 is 0 Å². The first-order valence-corrected chi connectivity index (χ1v) is 7.94. The first kappa shape index (κ1) is 14.7. The number of nitrogen functional groups attached to an aromatic ring is 1. The van der Waals surface area contributed by atoms with E-state index in [4.69, 9.17) is 10.5 Å². The number of nitrogens with two attached hydrogens (primary N) is 1. The molecule has 0 aliphatic rings. The van der Waals surface area contributed by atoms with E-state index in [9.17, 15) is 0 Å². The standard InChI is InChI=1S/C17H17N3OS/c1-11-15(18)19-17(20-16(11)21-2)22-10-12-7-8-13-5-3-4-6-14(13)9-12/h3-9H,10H2,1-2H3,(H2,18,19,20). The number of nitrogens with zero attached hydrogens (tertiary/aromatic N) is 2. The van der Waals surface area contributed by atoms with Crippen LogP contribution >= 0.6 is 11.8 Å². The van der Waals surface area contributed by atoms with Crippen LogP contribution in [0, 0.1) is 6.92 Å². The highest BCUT2D eigenvalue weighted by Crippen LogP contribution is 2.27. The topological polar surface area (TPSA) is 61.0 Å². The van der Waals surface area contributed by atoms with Gasteiger partial charge in [-0.3, -0.25) is 0 Å². The van der Waals surface area contributed by atoms with Crippen LogP contribution in [0.15, 0.2) is 47.6 Å². The summed E-state index contributed by atoms with van der Waals surface area (Å²) in [7, 11) is 1.59. The molecule has 2 aromatic carbocycles. The van der Waals surface area contributed by atoms with Gasteiger partial charge in [-0.1, -0.05) is 54.2 Å². The summed E-state index contributed by atoms with van der Waals surface area (Å²) in [6.07, 6.45) is 0. The fourth-order valence-corrected chi connectivity index (χ4v) is 3.02. The second-order valence-electron chi connectivity index (χ2n) is 5.00. The number of benzene rings is 2. The second-order valence-corrected chi connectivity index (χ2v) is 5.94. The molecule has 112 valence electrons. The number of thioether (sulfide) groups is 1. The molecule has 0 saturated carbocycles. The maximum Gasteiger partial charge on any atom is 0.222 e. The summed E-state index contributed by atoms with van der Waals surface area (Å²) in [5.41, 5.74) is 7.90. The van der Waals surface area contributed by atoms with Crippen molar-refractivity contribution in [3.05, 3.63) is 53.6 Å². The van der Waals surface area contributed by atoms with Gasteiger partial charge in [-0.05, 0) is 23.3 Å². The van der Waals surface area contributed by atoms with Crippen molar-refractivity contribution in [2.24, 2.45) is 0 Å². The van der Waals surface area contributed by atoms with Crippen LogP contribution < -0.4 is 10.5 Å². The van der Waals surface area contributed by atoms with Crippen LogP contribution in [-0.4, -0.2) is 17.1 Å². The van der Waals surface area contributed by atoms with E-state index in [-0.39, 0.29) is 0 Å². The molecule has 3 aromatic rings. The van der Waals surface area contributed by atoms with Crippen LogP contribution in [-0.2, 0) is 5.75 Å². The highest BCUT2D eigenvalue weighted by Gasteiger charge is 2.09. The Balaban J connectivity index is 1.80. The van der Waals surface area contributed by atoms with Gasteiger partial charge in [0.1, 0.15) is 5.82 Å². The largest absolute Gasteiger partial charge is 0.481 e. The molecule has 0 fully saturated rings. The van der Waals surface area contributed by atoms with Gasteiger partial charge in [0.25, 0.3) is 0 Å². The molecule has 1 aromatic heterocycles. The predicted octanol–water partition coefficient (Wildman–Crippen LogP) is 3.82. The molecule has 1 heterocycles. The van der Waals surface area contributed by atoms with E-state index in [1.54, 1.807) is 18.9 Å². The van der Waals surface area contributed by atoms with Gasteiger partial charge in [0.2, 0.25) is 5.88 Å². The van der Waals surface area contributed by atoms with E-state index in [1.165, 1.54) is 16.3 Å². The minimum atomic E-state index is 0.466. The monoisotopic (exact) mass is 311 g/mol. The highest BCUT2D eigenvalue weighted by molar-refractivity contribution is 7.98. The van der Waals surface area contributed by atoms with Crippen LogP contribution in [0.2, 0.25) is 0 Å². The fourth-order valence-electron chi connectivity index (χ4n) is 2.23. The first-order chi connectivity index (χ1) is 10.7. The Morgan fingerprint density at radius 3 is 2.64 bits per heavy atom. The Morgan fingerprint density at radius 1 is 1.09 bits per heavy atom. The van der Waals surface area contributed by atoms with E-state index in [0.29, 0.717) is 16.9 Å². The molecular formula is C17H17N3OS. The average molecular weight is 311 g/mol. The van der Waals surface area contributed by atoms with Gasteiger partial charge in [0, 0.05) is 5.75 Å². The Morgan fingerprint density at radius 2 is 1.86 bits per heavy atom. The second kappa shape index (κ2) is 6.23. The number of hydrogen-bond acceptors (Lipinski definition) is 5. The number of anilines is 1. The fraction of sp³-hybridized carbons (Fsp3) is 0.176. The third-order valence-corrected chi connectivity index (χ3v) is 4.41. The highest BCUT2D eigenvalue weighted by atomic mass is 32.2. The molecule has 0 amide bonds. The zero-order chi connectivity index (χ0) is 15.5. The van der Waals surface area contributed by atoms with E-state index >= 15 is 0 Å². The molecule has 0 radical (unpaired) electrons. The van der Waals surface area contributed by atoms with Crippen molar-refractivity contribution in [2.45, 2.75) is 17.8 Å². The van der Waals surface area contributed by atoms with E-state index in [1.807, 2.05) is 19.1 Å². The number of aromatic nitrogens is 2. The van der Waals surface area contributed by atoms with E-state index in [2.05, 4.69) is 40.3 Å². The molecule has 0 bridgehead atoms. The van der Waals surface area contributed by atoms with Crippen LogP contribution in [0.3, 0.4) is 0 Å². The Kier molecular flexibility index (Phi) is 4.15. The van der Waals surface area contributed by atoms with E-state index < -0.39 is 0 Å². The third kappa shape index (κ3) is 2.99. The third-order valence-electron chi connectivity index (χ3n) is 3.49. The van der Waals surface area contributed by atoms with Crippen LogP contribution in [0.5, 0.6) is 5.88 Å². The zero-order valence-corrected chi connectivity index (χ0v) is 13.4. The van der Waals surface area contributed by atoms with Gasteiger partial charge in [-0.15, -0.1) is 0 Å². The summed E-state index contributed by atoms with van der Waals surface area (Å²) in [5, 5.41) is 3.12. The molecule has 5 heteroatoms. The molecule has 0 aliphatic heterocycles.